The second-order valence-corrected chi connectivity index (χ2v) is 17.3. The van der Waals surface area contributed by atoms with Gasteiger partial charge in [-0.05, 0) is 103 Å². The van der Waals surface area contributed by atoms with Crippen molar-refractivity contribution in [3.05, 3.63) is 122 Å². The Bertz CT molecular complexity index is 1570. The molecule has 0 aliphatic rings. The third-order valence-corrected chi connectivity index (χ3v) is 10.7. The van der Waals surface area contributed by atoms with Crippen LogP contribution < -0.4 is 5.32 Å². The second kappa shape index (κ2) is 47.4. The van der Waals surface area contributed by atoms with Crippen LogP contribution in [0.1, 0.15) is 168 Å². The van der Waals surface area contributed by atoms with Crippen LogP contribution in [-0.4, -0.2) is 64.9 Å². The highest BCUT2D eigenvalue weighted by Gasteiger charge is 2.28. The van der Waals surface area contributed by atoms with Crippen molar-refractivity contribution < 1.29 is 47.8 Å². The van der Waals surface area contributed by atoms with Crippen molar-refractivity contribution >= 4 is 25.7 Å². The number of aliphatic hydroxyl groups excluding tert-OH is 1. The predicted molar refractivity (Wildman–Crippen MR) is 272 cm³/mol. The molecule has 1 amide bonds. The number of rotatable bonds is 44. The minimum absolute atomic E-state index is 0.122. The predicted octanol–water partition coefficient (Wildman–Crippen LogP) is 13.6. The number of esters is 1. The molecule has 0 fully saturated rings. The van der Waals surface area contributed by atoms with E-state index in [9.17, 15) is 34.1 Å². The van der Waals surface area contributed by atoms with Crippen LogP contribution in [0.15, 0.2) is 122 Å². The van der Waals surface area contributed by atoms with Crippen LogP contribution in [0.4, 0.5) is 0 Å². The number of phosphoric ester groups is 1. The Kier molecular flexibility index (Phi) is 44.4. The average molecular weight is 940 g/mol. The van der Waals surface area contributed by atoms with Gasteiger partial charge in [-0.2, -0.15) is 0 Å². The maximum Gasteiger partial charge on any atom is 0.472 e. The van der Waals surface area contributed by atoms with Crippen molar-refractivity contribution in [1.82, 2.24) is 5.32 Å². The molecule has 66 heavy (non-hydrogen) atoms. The summed E-state index contributed by atoms with van der Waals surface area (Å²) < 4.78 is 26.9. The number of unbranched alkanes of at least 4 members (excludes halogenated alkanes) is 10. The normalized spacial score (nSPS) is 14.6. The molecule has 372 valence electrons. The van der Waals surface area contributed by atoms with Crippen LogP contribution in [0, 0.1) is 0 Å². The number of aliphatic carboxylic acids is 1. The Morgan fingerprint density at radius 3 is 1.26 bits per heavy atom. The molecule has 0 saturated heterocycles. The molecule has 0 bridgehead atoms. The molecule has 0 aromatic carbocycles. The number of aliphatic hydroxyl groups is 1. The number of carboxylic acids is 1. The first kappa shape index (κ1) is 61.9. The second-order valence-electron chi connectivity index (χ2n) is 15.9. The summed E-state index contributed by atoms with van der Waals surface area (Å²) in [5, 5.41) is 21.9. The Morgan fingerprint density at radius 2 is 0.833 bits per heavy atom. The third-order valence-electron chi connectivity index (χ3n) is 9.75. The molecular formula is C54H86NO10P. The highest BCUT2D eigenvalue weighted by atomic mass is 31.2. The van der Waals surface area contributed by atoms with Crippen LogP contribution in [0.2, 0.25) is 0 Å². The first-order valence-corrected chi connectivity index (χ1v) is 26.1. The Balaban J connectivity index is 3.95. The lowest BCUT2D eigenvalue weighted by Gasteiger charge is -2.18. The lowest BCUT2D eigenvalue weighted by molar-refractivity contribution is -0.147. The zero-order valence-corrected chi connectivity index (χ0v) is 41.3. The number of hydrogen-bond acceptors (Lipinski definition) is 8. The summed E-state index contributed by atoms with van der Waals surface area (Å²) in [5.41, 5.74) is 0. The van der Waals surface area contributed by atoms with E-state index in [1.807, 2.05) is 0 Å². The maximum atomic E-state index is 12.4. The molecule has 0 rings (SSSR count). The molecule has 0 aliphatic heterocycles. The smallest absolute Gasteiger partial charge is 0.472 e. The van der Waals surface area contributed by atoms with Crippen molar-refractivity contribution in [3.63, 3.8) is 0 Å². The quantitative estimate of drug-likeness (QED) is 0.0200. The van der Waals surface area contributed by atoms with E-state index in [1.54, 1.807) is 0 Å². The van der Waals surface area contributed by atoms with Gasteiger partial charge in [0.15, 0.2) is 6.04 Å². The zero-order chi connectivity index (χ0) is 48.4. The van der Waals surface area contributed by atoms with Gasteiger partial charge in [-0.15, -0.1) is 0 Å². The number of hydrogen-bond donors (Lipinski definition) is 4. The zero-order valence-electron chi connectivity index (χ0n) is 40.4. The highest BCUT2D eigenvalue weighted by Crippen LogP contribution is 2.43. The SMILES string of the molecule is CC/C=C\C/C=C\C/C=C\C/C=C\C/C=C\CCCCCCCCCC(=O)NC(COP(=O)(O)OCC(O)COC(=O)CCCCC/C=C\C/C=C\C/C=C\C/C=C\C/C=C\CC)C(=O)O. The van der Waals surface area contributed by atoms with Gasteiger partial charge in [0.05, 0.1) is 13.2 Å². The number of nitrogens with one attached hydrogen (secondary N) is 1. The third kappa shape index (κ3) is 46.4. The summed E-state index contributed by atoms with van der Waals surface area (Å²) in [6, 6.07) is -1.57. The molecule has 0 aromatic rings. The van der Waals surface area contributed by atoms with Gasteiger partial charge >= 0.3 is 19.8 Å². The summed E-state index contributed by atoms with van der Waals surface area (Å²) in [4.78, 5) is 46.1. The molecule has 3 unspecified atom stereocenters. The molecule has 3 atom stereocenters. The minimum Gasteiger partial charge on any atom is -0.480 e. The van der Waals surface area contributed by atoms with Crippen molar-refractivity contribution in [1.29, 1.82) is 0 Å². The molecule has 0 aromatic heterocycles. The monoisotopic (exact) mass is 940 g/mol. The van der Waals surface area contributed by atoms with Gasteiger partial charge < -0.3 is 25.2 Å². The van der Waals surface area contributed by atoms with Crippen LogP contribution >= 0.6 is 7.82 Å². The molecule has 0 heterocycles. The molecule has 0 aliphatic carbocycles. The van der Waals surface area contributed by atoms with Gasteiger partial charge in [-0.1, -0.05) is 174 Å². The van der Waals surface area contributed by atoms with E-state index in [1.165, 1.54) is 0 Å². The number of carbonyl (C=O) groups is 3. The molecule has 0 saturated carbocycles. The van der Waals surface area contributed by atoms with E-state index in [4.69, 9.17) is 13.8 Å². The van der Waals surface area contributed by atoms with Gasteiger partial charge in [-0.3, -0.25) is 18.6 Å². The fraction of sp³-hybridized carbons (Fsp3) is 0.574. The molecule has 12 heteroatoms. The Hall–Kier alpha value is -4.12. The highest BCUT2D eigenvalue weighted by molar-refractivity contribution is 7.47. The number of phosphoric acid groups is 1. The number of ether oxygens (including phenoxy) is 1. The van der Waals surface area contributed by atoms with Crippen molar-refractivity contribution in [2.24, 2.45) is 0 Å². The van der Waals surface area contributed by atoms with Gasteiger partial charge in [0.25, 0.3) is 0 Å². The van der Waals surface area contributed by atoms with E-state index in [2.05, 4.69) is 141 Å². The standard InChI is InChI=1S/C54H86NO10P/c1-3-5-7-9-11-13-15-17-19-21-23-24-25-26-28-29-31-33-35-37-39-41-43-45-52(57)55-51(54(59)60)49-65-66(61,62)64-48-50(56)47-63-53(58)46-44-42-40-38-36-34-32-30-27-22-20-18-16-14-12-10-8-6-4-2/h5-8,11-14,17-20,23-24,26-28,30,34,36,50-51,56H,3-4,9-10,15-16,21-22,25,29,31-33,35,37-49H2,1-2H3,(H,55,57)(H,59,60)(H,61,62)/b7-5-,8-6-,13-11-,14-12-,19-17-,20-18-,24-23-,28-26-,30-27-,36-34-. The van der Waals surface area contributed by atoms with E-state index in [-0.39, 0.29) is 12.8 Å². The topological polar surface area (TPSA) is 169 Å². The average Bonchev–Trinajstić information content (AvgIpc) is 3.29. The van der Waals surface area contributed by atoms with Crippen LogP contribution in [0.25, 0.3) is 0 Å². The van der Waals surface area contributed by atoms with Crippen LogP contribution in [-0.2, 0) is 32.7 Å². The number of carboxylic acid groups (broad SMARTS) is 1. The Labute approximate surface area is 398 Å². The first-order chi connectivity index (χ1) is 32.1. The molecular weight excluding hydrogens is 854 g/mol. The summed E-state index contributed by atoms with van der Waals surface area (Å²) in [6.07, 6.45) is 63.6. The summed E-state index contributed by atoms with van der Waals surface area (Å²) in [5.74, 6) is -2.44. The molecule has 4 N–H and O–H groups in total. The fourth-order valence-corrected chi connectivity index (χ4v) is 6.79. The summed E-state index contributed by atoms with van der Waals surface area (Å²) >= 11 is 0. The van der Waals surface area contributed by atoms with Crippen molar-refractivity contribution in [2.45, 2.75) is 180 Å². The number of amides is 1. The maximum absolute atomic E-state index is 12.4. The summed E-state index contributed by atoms with van der Waals surface area (Å²) in [6.45, 7) is 2.32. The van der Waals surface area contributed by atoms with E-state index in [0.717, 1.165) is 128 Å². The summed E-state index contributed by atoms with van der Waals surface area (Å²) in [7, 11) is -4.78. The Morgan fingerprint density at radius 1 is 0.485 bits per heavy atom. The van der Waals surface area contributed by atoms with Crippen molar-refractivity contribution in [2.75, 3.05) is 19.8 Å². The van der Waals surface area contributed by atoms with Gasteiger partial charge in [0.2, 0.25) is 5.91 Å². The number of allylic oxidation sites excluding steroid dienone is 20. The van der Waals surface area contributed by atoms with Gasteiger partial charge in [-0.25, -0.2) is 9.36 Å². The fourth-order valence-electron chi connectivity index (χ4n) is 6.01. The number of carbonyl (C=O) groups excluding carboxylic acids is 2. The minimum atomic E-state index is -4.78. The lowest BCUT2D eigenvalue weighted by atomic mass is 10.1. The van der Waals surface area contributed by atoms with Crippen LogP contribution in [0.5, 0.6) is 0 Å². The van der Waals surface area contributed by atoms with Gasteiger partial charge in [0, 0.05) is 12.8 Å². The van der Waals surface area contributed by atoms with Crippen LogP contribution in [0.3, 0.4) is 0 Å². The van der Waals surface area contributed by atoms with Gasteiger partial charge in [0.1, 0.15) is 12.7 Å². The molecule has 11 nitrogen and oxygen atoms in total. The van der Waals surface area contributed by atoms with E-state index < -0.39 is 57.6 Å². The lowest BCUT2D eigenvalue weighted by Crippen LogP contribution is -2.43. The van der Waals surface area contributed by atoms with Crippen molar-refractivity contribution in [3.8, 4) is 0 Å². The molecule has 0 spiro atoms. The molecule has 0 radical (unpaired) electrons. The van der Waals surface area contributed by atoms with E-state index >= 15 is 0 Å². The van der Waals surface area contributed by atoms with E-state index in [0.29, 0.717) is 12.8 Å². The largest absolute Gasteiger partial charge is 0.480 e. The first-order valence-electron chi connectivity index (χ1n) is 24.6.